The second kappa shape index (κ2) is 6.47. The van der Waals surface area contributed by atoms with Crippen LogP contribution in [0.15, 0.2) is 12.1 Å². The van der Waals surface area contributed by atoms with Crippen molar-refractivity contribution in [2.75, 3.05) is 26.6 Å². The summed E-state index contributed by atoms with van der Waals surface area (Å²) in [4.78, 5) is 12.3. The van der Waals surface area contributed by atoms with Crippen molar-refractivity contribution >= 4 is 11.6 Å². The Morgan fingerprint density at radius 3 is 2.50 bits per heavy atom. The second-order valence-electron chi connectivity index (χ2n) is 5.10. The number of nitrogens with one attached hydrogen (secondary N) is 1. The van der Waals surface area contributed by atoms with E-state index in [-0.39, 0.29) is 23.8 Å². The van der Waals surface area contributed by atoms with E-state index in [0.717, 1.165) is 0 Å². The van der Waals surface area contributed by atoms with Crippen molar-refractivity contribution in [1.82, 2.24) is 5.32 Å². The van der Waals surface area contributed by atoms with Crippen LogP contribution in [0, 0.1) is 0 Å². The van der Waals surface area contributed by atoms with E-state index in [9.17, 15) is 4.79 Å². The van der Waals surface area contributed by atoms with Gasteiger partial charge in [0, 0.05) is 18.2 Å². The predicted octanol–water partition coefficient (Wildman–Crippen LogP) is 1.18. The number of hydrogen-bond acceptors (Lipinski definition) is 5. The molecule has 0 atom stereocenters. The standard InChI is InChI=1S/C14H22N2O4/c1-14(2,5-6-17)16-13(18)10-7-9(19-3)8-11(20-4)12(10)15/h7-8,17H,5-6,15H2,1-4H3,(H,16,18). The van der Waals surface area contributed by atoms with Crippen molar-refractivity contribution in [3.05, 3.63) is 17.7 Å². The molecule has 0 saturated carbocycles. The van der Waals surface area contributed by atoms with Crippen LogP contribution in [-0.2, 0) is 0 Å². The highest BCUT2D eigenvalue weighted by molar-refractivity contribution is 6.01. The molecular formula is C14H22N2O4. The van der Waals surface area contributed by atoms with Gasteiger partial charge in [0.05, 0.1) is 25.5 Å². The summed E-state index contributed by atoms with van der Waals surface area (Å²) in [6.07, 6.45) is 0.444. The third kappa shape index (κ3) is 3.77. The lowest BCUT2D eigenvalue weighted by molar-refractivity contribution is 0.0900. The molecule has 0 saturated heterocycles. The molecule has 0 bridgehead atoms. The number of nitrogen functional groups attached to an aromatic ring is 1. The van der Waals surface area contributed by atoms with Crippen LogP contribution < -0.4 is 20.5 Å². The highest BCUT2D eigenvalue weighted by Crippen LogP contribution is 2.31. The van der Waals surface area contributed by atoms with E-state index in [4.69, 9.17) is 20.3 Å². The maximum atomic E-state index is 12.3. The Kier molecular flexibility index (Phi) is 5.21. The monoisotopic (exact) mass is 282 g/mol. The molecule has 0 heterocycles. The van der Waals surface area contributed by atoms with Crippen molar-refractivity contribution in [3.63, 3.8) is 0 Å². The van der Waals surface area contributed by atoms with E-state index in [0.29, 0.717) is 17.9 Å². The zero-order valence-electron chi connectivity index (χ0n) is 12.3. The third-order valence-corrected chi connectivity index (χ3v) is 3.00. The average molecular weight is 282 g/mol. The van der Waals surface area contributed by atoms with Crippen molar-refractivity contribution in [2.45, 2.75) is 25.8 Å². The molecule has 0 aliphatic heterocycles. The first-order valence-electron chi connectivity index (χ1n) is 6.29. The number of aliphatic hydroxyl groups excluding tert-OH is 1. The molecule has 6 nitrogen and oxygen atoms in total. The molecule has 112 valence electrons. The van der Waals surface area contributed by atoms with E-state index in [2.05, 4.69) is 5.32 Å². The number of benzene rings is 1. The van der Waals surface area contributed by atoms with Crippen LogP contribution >= 0.6 is 0 Å². The zero-order valence-corrected chi connectivity index (χ0v) is 12.3. The number of amides is 1. The van der Waals surface area contributed by atoms with Gasteiger partial charge in [0.1, 0.15) is 11.5 Å². The van der Waals surface area contributed by atoms with E-state index < -0.39 is 5.54 Å². The summed E-state index contributed by atoms with van der Waals surface area (Å²) in [6, 6.07) is 3.17. The molecule has 0 aliphatic rings. The smallest absolute Gasteiger partial charge is 0.254 e. The summed E-state index contributed by atoms with van der Waals surface area (Å²) < 4.78 is 10.3. The second-order valence-corrected chi connectivity index (χ2v) is 5.10. The number of aliphatic hydroxyl groups is 1. The Balaban J connectivity index is 3.09. The van der Waals surface area contributed by atoms with Crippen LogP contribution in [0.4, 0.5) is 5.69 Å². The molecular weight excluding hydrogens is 260 g/mol. The first-order valence-corrected chi connectivity index (χ1v) is 6.29. The minimum absolute atomic E-state index is 0.00973. The molecule has 4 N–H and O–H groups in total. The van der Waals surface area contributed by atoms with Gasteiger partial charge in [0.15, 0.2) is 0 Å². The average Bonchev–Trinajstić information content (AvgIpc) is 2.38. The molecule has 1 amide bonds. The molecule has 0 aliphatic carbocycles. The minimum Gasteiger partial charge on any atom is -0.497 e. The van der Waals surface area contributed by atoms with Gasteiger partial charge in [0.25, 0.3) is 5.91 Å². The Morgan fingerprint density at radius 1 is 1.35 bits per heavy atom. The SMILES string of the molecule is COc1cc(OC)c(N)c(C(=O)NC(C)(C)CCO)c1. The number of carbonyl (C=O) groups is 1. The van der Waals surface area contributed by atoms with Crippen molar-refractivity contribution in [2.24, 2.45) is 0 Å². The van der Waals surface area contributed by atoms with Crippen molar-refractivity contribution in [3.8, 4) is 11.5 Å². The number of nitrogens with two attached hydrogens (primary N) is 1. The van der Waals surface area contributed by atoms with Crippen molar-refractivity contribution in [1.29, 1.82) is 0 Å². The quantitative estimate of drug-likeness (QED) is 0.681. The van der Waals surface area contributed by atoms with E-state index in [1.54, 1.807) is 12.1 Å². The zero-order chi connectivity index (χ0) is 15.3. The Labute approximate surface area is 118 Å². The molecule has 1 rings (SSSR count). The summed E-state index contributed by atoms with van der Waals surface area (Å²) >= 11 is 0. The molecule has 0 fully saturated rings. The van der Waals surface area contributed by atoms with Gasteiger partial charge >= 0.3 is 0 Å². The molecule has 1 aromatic rings. The summed E-state index contributed by atoms with van der Waals surface area (Å²) in [5.41, 5.74) is 5.93. The molecule has 0 unspecified atom stereocenters. The van der Waals surface area contributed by atoms with Gasteiger partial charge < -0.3 is 25.6 Å². The minimum atomic E-state index is -0.533. The molecule has 20 heavy (non-hydrogen) atoms. The van der Waals surface area contributed by atoms with Crippen LogP contribution in [-0.4, -0.2) is 37.4 Å². The fourth-order valence-corrected chi connectivity index (χ4v) is 1.79. The molecule has 0 aromatic heterocycles. The number of anilines is 1. The fourth-order valence-electron chi connectivity index (χ4n) is 1.79. The third-order valence-electron chi connectivity index (χ3n) is 3.00. The van der Waals surface area contributed by atoms with Gasteiger partial charge in [-0.2, -0.15) is 0 Å². The predicted molar refractivity (Wildman–Crippen MR) is 77.2 cm³/mol. The van der Waals surface area contributed by atoms with Crippen LogP contribution in [0.3, 0.4) is 0 Å². The first-order chi connectivity index (χ1) is 9.34. The van der Waals surface area contributed by atoms with E-state index >= 15 is 0 Å². The molecule has 0 radical (unpaired) electrons. The maximum absolute atomic E-state index is 12.3. The summed E-state index contributed by atoms with van der Waals surface area (Å²) in [6.45, 7) is 3.65. The number of hydrogen-bond donors (Lipinski definition) is 3. The van der Waals surface area contributed by atoms with Gasteiger partial charge in [-0.15, -0.1) is 0 Å². The van der Waals surface area contributed by atoms with E-state index in [1.165, 1.54) is 14.2 Å². The Morgan fingerprint density at radius 2 is 2.00 bits per heavy atom. The largest absolute Gasteiger partial charge is 0.497 e. The Bertz CT molecular complexity index is 486. The topological polar surface area (TPSA) is 93.8 Å². The van der Waals surface area contributed by atoms with Gasteiger partial charge in [-0.05, 0) is 26.3 Å². The lowest BCUT2D eigenvalue weighted by Gasteiger charge is -2.26. The molecule has 6 heteroatoms. The molecule has 1 aromatic carbocycles. The number of rotatable bonds is 6. The summed E-state index contributed by atoms with van der Waals surface area (Å²) in [5, 5.41) is 11.8. The number of carbonyl (C=O) groups excluding carboxylic acids is 1. The van der Waals surface area contributed by atoms with Gasteiger partial charge in [0.2, 0.25) is 0 Å². The van der Waals surface area contributed by atoms with Gasteiger partial charge in [-0.25, -0.2) is 0 Å². The highest BCUT2D eigenvalue weighted by atomic mass is 16.5. The lowest BCUT2D eigenvalue weighted by atomic mass is 10.00. The number of methoxy groups -OCH3 is 2. The van der Waals surface area contributed by atoms with Gasteiger partial charge in [-0.1, -0.05) is 0 Å². The summed E-state index contributed by atoms with van der Waals surface area (Å²) in [5.74, 6) is 0.536. The van der Waals surface area contributed by atoms with Crippen molar-refractivity contribution < 1.29 is 19.4 Å². The van der Waals surface area contributed by atoms with Crippen LogP contribution in [0.2, 0.25) is 0 Å². The maximum Gasteiger partial charge on any atom is 0.254 e. The molecule has 0 spiro atoms. The summed E-state index contributed by atoms with van der Waals surface area (Å²) in [7, 11) is 2.98. The van der Waals surface area contributed by atoms with E-state index in [1.807, 2.05) is 13.8 Å². The van der Waals surface area contributed by atoms with Gasteiger partial charge in [-0.3, -0.25) is 4.79 Å². The van der Waals surface area contributed by atoms with Crippen LogP contribution in [0.5, 0.6) is 11.5 Å². The van der Waals surface area contributed by atoms with Crippen LogP contribution in [0.25, 0.3) is 0 Å². The normalized spacial score (nSPS) is 11.1. The lowest BCUT2D eigenvalue weighted by Crippen LogP contribution is -2.44. The van der Waals surface area contributed by atoms with Crippen LogP contribution in [0.1, 0.15) is 30.6 Å². The Hall–Kier alpha value is -1.95. The fraction of sp³-hybridized carbons (Fsp3) is 0.500. The highest BCUT2D eigenvalue weighted by Gasteiger charge is 2.23. The number of ether oxygens (including phenoxy) is 2. The first kappa shape index (κ1) is 16.1.